The van der Waals surface area contributed by atoms with Crippen LogP contribution in [0.1, 0.15) is 124 Å². The molecule has 0 unspecified atom stereocenters. The second-order valence-electron chi connectivity index (χ2n) is 8.37. The first kappa shape index (κ1) is 31.8. The van der Waals surface area contributed by atoms with Crippen molar-refractivity contribution in [2.75, 3.05) is 33.0 Å². The number of allylic oxidation sites excluding steroid dienone is 2. The molecule has 0 aromatic carbocycles. The van der Waals surface area contributed by atoms with Crippen molar-refractivity contribution in [3.05, 3.63) is 12.2 Å². The van der Waals surface area contributed by atoms with Gasteiger partial charge in [0.15, 0.2) is 0 Å². The fraction of sp³-hybridized carbons (Fsp3) is 0.923. The van der Waals surface area contributed by atoms with E-state index >= 15 is 0 Å². The Kier molecular flexibility index (Phi) is 25.3. The fourth-order valence-electron chi connectivity index (χ4n) is 3.46. The van der Waals surface area contributed by atoms with Gasteiger partial charge >= 0.3 is 7.82 Å². The van der Waals surface area contributed by atoms with Gasteiger partial charge in [-0.3, -0.25) is 13.6 Å². The average molecular weight is 477 g/mol. The van der Waals surface area contributed by atoms with Crippen molar-refractivity contribution in [2.24, 2.45) is 0 Å². The summed E-state index contributed by atoms with van der Waals surface area (Å²) in [6.45, 7) is 8.39. The Morgan fingerprint density at radius 3 is 1.50 bits per heavy atom. The van der Waals surface area contributed by atoms with E-state index in [-0.39, 0.29) is 0 Å². The van der Waals surface area contributed by atoms with E-state index < -0.39 is 7.82 Å². The lowest BCUT2D eigenvalue weighted by atomic mass is 10.1. The van der Waals surface area contributed by atoms with Gasteiger partial charge in [-0.05, 0) is 58.8 Å². The summed E-state index contributed by atoms with van der Waals surface area (Å²) in [5, 5.41) is 0. The van der Waals surface area contributed by atoms with Crippen LogP contribution in [0.25, 0.3) is 0 Å². The third-order valence-corrected chi connectivity index (χ3v) is 6.95. The number of ether oxygens (including phenoxy) is 1. The van der Waals surface area contributed by atoms with E-state index in [4.69, 9.17) is 18.3 Å². The molecule has 0 aromatic heterocycles. The Bertz CT molecular complexity index is 432. The Labute approximate surface area is 199 Å². The summed E-state index contributed by atoms with van der Waals surface area (Å²) in [5.74, 6) is 0. The topological polar surface area (TPSA) is 54.0 Å². The quantitative estimate of drug-likeness (QED) is 0.0708. The Balaban J connectivity index is 3.26. The molecule has 6 heteroatoms. The van der Waals surface area contributed by atoms with Crippen molar-refractivity contribution >= 4 is 7.82 Å². The highest BCUT2D eigenvalue weighted by Crippen LogP contribution is 2.49. The third kappa shape index (κ3) is 23.0. The molecule has 0 radical (unpaired) electrons. The smallest absolute Gasteiger partial charge is 0.381 e. The predicted molar refractivity (Wildman–Crippen MR) is 136 cm³/mol. The second kappa shape index (κ2) is 25.4. The molecule has 0 rings (SSSR count). The molecular weight excluding hydrogens is 423 g/mol. The van der Waals surface area contributed by atoms with Gasteiger partial charge < -0.3 is 4.74 Å². The molecule has 0 saturated carbocycles. The van der Waals surface area contributed by atoms with Crippen molar-refractivity contribution in [1.82, 2.24) is 0 Å². The van der Waals surface area contributed by atoms with Crippen LogP contribution in [0, 0.1) is 0 Å². The van der Waals surface area contributed by atoms with Crippen LogP contribution in [-0.2, 0) is 22.9 Å². The first-order valence-electron chi connectivity index (χ1n) is 13.4. The summed E-state index contributed by atoms with van der Waals surface area (Å²) >= 11 is 0. The Hall–Kier alpha value is -0.190. The van der Waals surface area contributed by atoms with E-state index in [1.54, 1.807) is 13.8 Å². The normalized spacial score (nSPS) is 12.2. The number of phosphoric ester groups is 1. The maximum Gasteiger partial charge on any atom is 0.474 e. The van der Waals surface area contributed by atoms with Gasteiger partial charge in [0, 0.05) is 13.2 Å². The molecule has 0 amide bonds. The molecule has 0 aliphatic rings. The van der Waals surface area contributed by atoms with Gasteiger partial charge in [-0.25, -0.2) is 4.57 Å². The summed E-state index contributed by atoms with van der Waals surface area (Å²) < 4.78 is 33.3. The van der Waals surface area contributed by atoms with Crippen LogP contribution in [-0.4, -0.2) is 33.0 Å². The SMILES string of the molecule is CCCCCCCC/C=C\CCCCCCCCOCCCCOP(=O)(OCC)OCC. The van der Waals surface area contributed by atoms with Crippen LogP contribution in [0.4, 0.5) is 0 Å². The van der Waals surface area contributed by atoms with Gasteiger partial charge in [-0.2, -0.15) is 0 Å². The third-order valence-electron chi connectivity index (χ3n) is 5.31. The summed E-state index contributed by atoms with van der Waals surface area (Å²) in [6.07, 6.45) is 25.0. The molecule has 32 heavy (non-hydrogen) atoms. The van der Waals surface area contributed by atoms with Crippen molar-refractivity contribution in [2.45, 2.75) is 124 Å². The van der Waals surface area contributed by atoms with Gasteiger partial charge in [0.25, 0.3) is 0 Å². The van der Waals surface area contributed by atoms with E-state index in [2.05, 4.69) is 19.1 Å². The molecule has 0 aromatic rings. The van der Waals surface area contributed by atoms with Crippen molar-refractivity contribution in [3.63, 3.8) is 0 Å². The first-order chi connectivity index (χ1) is 15.7. The molecule has 0 fully saturated rings. The zero-order chi connectivity index (χ0) is 23.6. The molecule has 0 atom stereocenters. The summed E-state index contributed by atoms with van der Waals surface area (Å²) in [4.78, 5) is 0. The number of rotatable bonds is 26. The summed E-state index contributed by atoms with van der Waals surface area (Å²) in [5.41, 5.74) is 0. The minimum absolute atomic E-state index is 0.316. The zero-order valence-electron chi connectivity index (χ0n) is 21.5. The van der Waals surface area contributed by atoms with Gasteiger partial charge in [0.05, 0.1) is 19.8 Å². The molecule has 0 aliphatic heterocycles. The van der Waals surface area contributed by atoms with Crippen LogP contribution in [0.3, 0.4) is 0 Å². The molecule has 0 aliphatic carbocycles. The van der Waals surface area contributed by atoms with E-state index in [0.29, 0.717) is 19.8 Å². The number of phosphoric acid groups is 1. The minimum Gasteiger partial charge on any atom is -0.381 e. The lowest BCUT2D eigenvalue weighted by Crippen LogP contribution is -2.03. The second-order valence-corrected chi connectivity index (χ2v) is 10.0. The lowest BCUT2D eigenvalue weighted by molar-refractivity contribution is 0.105. The van der Waals surface area contributed by atoms with Crippen molar-refractivity contribution in [3.8, 4) is 0 Å². The van der Waals surface area contributed by atoms with Gasteiger partial charge in [-0.1, -0.05) is 76.9 Å². The maximum absolute atomic E-state index is 12.1. The van der Waals surface area contributed by atoms with Crippen LogP contribution < -0.4 is 0 Å². The molecule has 0 bridgehead atoms. The molecule has 0 N–H and O–H groups in total. The van der Waals surface area contributed by atoms with E-state index in [1.165, 1.54) is 83.5 Å². The lowest BCUT2D eigenvalue weighted by Gasteiger charge is -2.16. The number of hydrogen-bond donors (Lipinski definition) is 0. The molecule has 192 valence electrons. The van der Waals surface area contributed by atoms with Crippen LogP contribution in [0.5, 0.6) is 0 Å². The van der Waals surface area contributed by atoms with Crippen molar-refractivity contribution < 1.29 is 22.9 Å². The molecule has 0 heterocycles. The van der Waals surface area contributed by atoms with E-state index in [1.807, 2.05) is 0 Å². The minimum atomic E-state index is -3.36. The molecule has 0 saturated heterocycles. The molecule has 5 nitrogen and oxygen atoms in total. The van der Waals surface area contributed by atoms with Crippen molar-refractivity contribution in [1.29, 1.82) is 0 Å². The Morgan fingerprint density at radius 1 is 0.531 bits per heavy atom. The Morgan fingerprint density at radius 2 is 0.969 bits per heavy atom. The van der Waals surface area contributed by atoms with Gasteiger partial charge in [-0.15, -0.1) is 0 Å². The van der Waals surface area contributed by atoms with Gasteiger partial charge in [0.1, 0.15) is 0 Å². The maximum atomic E-state index is 12.1. The summed E-state index contributed by atoms with van der Waals surface area (Å²) in [7, 11) is -3.36. The summed E-state index contributed by atoms with van der Waals surface area (Å²) in [6, 6.07) is 0. The van der Waals surface area contributed by atoms with E-state index in [0.717, 1.165) is 32.5 Å². The largest absolute Gasteiger partial charge is 0.474 e. The average Bonchev–Trinajstić information content (AvgIpc) is 2.77. The zero-order valence-corrected chi connectivity index (χ0v) is 22.4. The van der Waals surface area contributed by atoms with Crippen LogP contribution in [0.15, 0.2) is 12.2 Å². The predicted octanol–water partition coefficient (Wildman–Crippen LogP) is 9.02. The monoisotopic (exact) mass is 476 g/mol. The number of unbranched alkanes of at least 4 members (excludes halogenated alkanes) is 13. The highest BCUT2D eigenvalue weighted by molar-refractivity contribution is 7.48. The van der Waals surface area contributed by atoms with Crippen LogP contribution >= 0.6 is 7.82 Å². The molecular formula is C26H53O5P. The van der Waals surface area contributed by atoms with E-state index in [9.17, 15) is 4.57 Å². The fourth-order valence-corrected chi connectivity index (χ4v) is 4.67. The first-order valence-corrected chi connectivity index (χ1v) is 14.9. The molecule has 0 spiro atoms. The highest BCUT2D eigenvalue weighted by Gasteiger charge is 2.24. The highest BCUT2D eigenvalue weighted by atomic mass is 31.2. The number of hydrogen-bond acceptors (Lipinski definition) is 5. The van der Waals surface area contributed by atoms with Gasteiger partial charge in [0.2, 0.25) is 0 Å². The standard InChI is InChI=1S/C26H53O5P/c1-4-7-8-9-10-11-12-13-14-15-16-17-18-19-20-21-24-28-25-22-23-26-31-32(27,29-5-2)30-6-3/h13-14H,4-12,15-26H2,1-3H3/b14-13-. The van der Waals surface area contributed by atoms with Crippen LogP contribution in [0.2, 0.25) is 0 Å².